The first-order chi connectivity index (χ1) is 13.6. The molecule has 6 nitrogen and oxygen atoms in total. The van der Waals surface area contributed by atoms with E-state index in [1.54, 1.807) is 14.2 Å². The lowest BCUT2D eigenvalue weighted by Crippen LogP contribution is -2.39. The van der Waals surface area contributed by atoms with Gasteiger partial charge in [-0.05, 0) is 61.9 Å². The number of hydrogen-bond donors (Lipinski definition) is 2. The molecule has 2 aliphatic heterocycles. The third-order valence-corrected chi connectivity index (χ3v) is 6.10. The van der Waals surface area contributed by atoms with E-state index in [2.05, 4.69) is 22.5 Å². The van der Waals surface area contributed by atoms with Gasteiger partial charge >= 0.3 is 0 Å². The molecule has 28 heavy (non-hydrogen) atoms. The second kappa shape index (κ2) is 10.1. The summed E-state index contributed by atoms with van der Waals surface area (Å²) in [6.07, 6.45) is 4.11. The van der Waals surface area contributed by atoms with Crippen molar-refractivity contribution in [1.29, 1.82) is 0 Å². The number of hydrogen-bond acceptors (Lipinski definition) is 5. The number of rotatable bonds is 8. The number of ether oxygens (including phenoxy) is 2. The van der Waals surface area contributed by atoms with Crippen LogP contribution >= 0.6 is 0 Å². The van der Waals surface area contributed by atoms with Crippen LogP contribution in [0.1, 0.15) is 38.2 Å². The summed E-state index contributed by atoms with van der Waals surface area (Å²) >= 11 is 0. The Labute approximate surface area is 169 Å². The van der Waals surface area contributed by atoms with Crippen LogP contribution in [0, 0.1) is 11.8 Å². The van der Waals surface area contributed by atoms with Crippen molar-refractivity contribution in [3.63, 3.8) is 0 Å². The molecule has 3 atom stereocenters. The second-order valence-electron chi connectivity index (χ2n) is 8.30. The molecule has 3 rings (SSSR count). The number of piperidine rings is 1. The van der Waals surface area contributed by atoms with Gasteiger partial charge < -0.3 is 20.1 Å². The van der Waals surface area contributed by atoms with Gasteiger partial charge in [0, 0.05) is 38.2 Å². The van der Waals surface area contributed by atoms with E-state index < -0.39 is 0 Å². The normalized spacial score (nSPS) is 24.0. The molecule has 1 amide bonds. The molecule has 2 fully saturated rings. The van der Waals surface area contributed by atoms with Gasteiger partial charge in [0.2, 0.25) is 5.91 Å². The molecule has 0 aliphatic carbocycles. The highest BCUT2D eigenvalue weighted by Gasteiger charge is 2.26. The summed E-state index contributed by atoms with van der Waals surface area (Å²) < 4.78 is 10.7. The SMILES string of the molecule is COc1cc(CN2CCC(NC(=O)CC(C)C3CCCNC3)C2)cc(OC)c1. The average Bonchev–Trinajstić information content (AvgIpc) is 3.14. The number of carbonyl (C=O) groups is 1. The molecule has 0 spiro atoms. The lowest BCUT2D eigenvalue weighted by atomic mass is 9.85. The first-order valence-electron chi connectivity index (χ1n) is 10.5. The van der Waals surface area contributed by atoms with Crippen LogP contribution in [0.15, 0.2) is 18.2 Å². The number of methoxy groups -OCH3 is 2. The van der Waals surface area contributed by atoms with Crippen molar-refractivity contribution in [2.45, 2.75) is 45.2 Å². The molecule has 0 radical (unpaired) electrons. The van der Waals surface area contributed by atoms with Crippen molar-refractivity contribution in [1.82, 2.24) is 15.5 Å². The molecule has 1 aromatic carbocycles. The summed E-state index contributed by atoms with van der Waals surface area (Å²) in [5.41, 5.74) is 1.17. The van der Waals surface area contributed by atoms with Crippen LogP contribution in [0.3, 0.4) is 0 Å². The minimum atomic E-state index is 0.202. The van der Waals surface area contributed by atoms with Crippen molar-refractivity contribution in [2.75, 3.05) is 40.4 Å². The first kappa shape index (κ1) is 20.9. The Morgan fingerprint density at radius 3 is 2.64 bits per heavy atom. The minimum Gasteiger partial charge on any atom is -0.497 e. The number of nitrogens with one attached hydrogen (secondary N) is 2. The van der Waals surface area contributed by atoms with Crippen molar-refractivity contribution in [3.05, 3.63) is 23.8 Å². The zero-order chi connectivity index (χ0) is 19.9. The van der Waals surface area contributed by atoms with Crippen LogP contribution in [0.2, 0.25) is 0 Å². The number of carbonyl (C=O) groups excluding carboxylic acids is 1. The van der Waals surface area contributed by atoms with Crippen LogP contribution in [0.4, 0.5) is 0 Å². The van der Waals surface area contributed by atoms with Crippen LogP contribution in [0.5, 0.6) is 11.5 Å². The molecular weight excluding hydrogens is 354 g/mol. The van der Waals surface area contributed by atoms with E-state index in [9.17, 15) is 4.79 Å². The highest BCUT2D eigenvalue weighted by atomic mass is 16.5. The van der Waals surface area contributed by atoms with Crippen LogP contribution < -0.4 is 20.1 Å². The number of benzene rings is 1. The quantitative estimate of drug-likeness (QED) is 0.715. The van der Waals surface area contributed by atoms with E-state index in [1.807, 2.05) is 18.2 Å². The molecule has 156 valence electrons. The number of nitrogens with zero attached hydrogens (tertiary/aromatic N) is 1. The molecular formula is C22H35N3O3. The van der Waals surface area contributed by atoms with E-state index >= 15 is 0 Å². The Morgan fingerprint density at radius 1 is 1.25 bits per heavy atom. The Morgan fingerprint density at radius 2 is 2.00 bits per heavy atom. The minimum absolute atomic E-state index is 0.202. The summed E-state index contributed by atoms with van der Waals surface area (Å²) in [6.45, 7) is 7.11. The molecule has 0 saturated carbocycles. The van der Waals surface area contributed by atoms with Crippen molar-refractivity contribution < 1.29 is 14.3 Å². The summed E-state index contributed by atoms with van der Waals surface area (Å²) in [7, 11) is 3.34. The predicted octanol–water partition coefficient (Wildman–Crippen LogP) is 2.42. The fourth-order valence-corrected chi connectivity index (χ4v) is 4.42. The van der Waals surface area contributed by atoms with Crippen molar-refractivity contribution >= 4 is 5.91 Å². The molecule has 0 aromatic heterocycles. The summed E-state index contributed by atoms with van der Waals surface area (Å²) in [5, 5.41) is 6.71. The highest BCUT2D eigenvalue weighted by Crippen LogP contribution is 2.25. The summed E-state index contributed by atoms with van der Waals surface area (Å²) in [5.74, 6) is 2.89. The van der Waals surface area contributed by atoms with Gasteiger partial charge in [-0.3, -0.25) is 9.69 Å². The van der Waals surface area contributed by atoms with E-state index in [-0.39, 0.29) is 11.9 Å². The van der Waals surface area contributed by atoms with Crippen molar-refractivity contribution in [3.8, 4) is 11.5 Å². The fraction of sp³-hybridized carbons (Fsp3) is 0.682. The molecule has 2 N–H and O–H groups in total. The lowest BCUT2D eigenvalue weighted by molar-refractivity contribution is -0.123. The maximum Gasteiger partial charge on any atom is 0.220 e. The molecule has 2 saturated heterocycles. The number of likely N-dealkylation sites (tertiary alicyclic amines) is 1. The average molecular weight is 390 g/mol. The van der Waals surface area contributed by atoms with Gasteiger partial charge in [0.15, 0.2) is 0 Å². The molecule has 3 unspecified atom stereocenters. The lowest BCUT2D eigenvalue weighted by Gasteiger charge is -2.28. The van der Waals surface area contributed by atoms with Gasteiger partial charge in [-0.1, -0.05) is 6.92 Å². The molecule has 0 bridgehead atoms. The standard InChI is InChI=1S/C22H35N3O3/c1-16(18-5-4-7-23-13-18)9-22(26)24-19-6-8-25(15-19)14-17-10-20(27-2)12-21(11-17)28-3/h10-12,16,18-19,23H,4-9,13-15H2,1-3H3,(H,24,26). The third kappa shape index (κ3) is 5.85. The zero-order valence-corrected chi connectivity index (χ0v) is 17.5. The van der Waals surface area contributed by atoms with E-state index in [1.165, 1.54) is 18.4 Å². The van der Waals surface area contributed by atoms with Crippen molar-refractivity contribution in [2.24, 2.45) is 11.8 Å². The maximum absolute atomic E-state index is 12.5. The predicted molar refractivity (Wildman–Crippen MR) is 111 cm³/mol. The van der Waals surface area contributed by atoms with Gasteiger partial charge in [-0.2, -0.15) is 0 Å². The Bertz CT molecular complexity index is 624. The monoisotopic (exact) mass is 389 g/mol. The van der Waals surface area contributed by atoms with Gasteiger partial charge in [-0.25, -0.2) is 0 Å². The van der Waals surface area contributed by atoms with E-state index in [4.69, 9.17) is 9.47 Å². The first-order valence-corrected chi connectivity index (χ1v) is 10.5. The van der Waals surface area contributed by atoms with Gasteiger partial charge in [0.05, 0.1) is 14.2 Å². The third-order valence-electron chi connectivity index (χ3n) is 6.10. The van der Waals surface area contributed by atoms with Crippen LogP contribution in [-0.2, 0) is 11.3 Å². The largest absolute Gasteiger partial charge is 0.497 e. The Hall–Kier alpha value is -1.79. The Kier molecular flexibility index (Phi) is 7.57. The summed E-state index contributed by atoms with van der Waals surface area (Å²) in [6, 6.07) is 6.24. The Balaban J connectivity index is 1.45. The van der Waals surface area contributed by atoms with Gasteiger partial charge in [0.1, 0.15) is 11.5 Å². The molecule has 6 heteroatoms. The van der Waals surface area contributed by atoms with E-state index in [0.29, 0.717) is 18.3 Å². The molecule has 1 aromatic rings. The van der Waals surface area contributed by atoms with E-state index in [0.717, 1.165) is 50.6 Å². The van der Waals surface area contributed by atoms with Crippen LogP contribution in [0.25, 0.3) is 0 Å². The second-order valence-corrected chi connectivity index (χ2v) is 8.30. The molecule has 2 heterocycles. The number of amides is 1. The zero-order valence-electron chi connectivity index (χ0n) is 17.5. The maximum atomic E-state index is 12.5. The smallest absolute Gasteiger partial charge is 0.220 e. The topological polar surface area (TPSA) is 62.8 Å². The molecule has 2 aliphatic rings. The van der Waals surface area contributed by atoms with Gasteiger partial charge in [0.25, 0.3) is 0 Å². The summed E-state index contributed by atoms with van der Waals surface area (Å²) in [4.78, 5) is 14.9. The fourth-order valence-electron chi connectivity index (χ4n) is 4.42. The van der Waals surface area contributed by atoms with Crippen LogP contribution in [-0.4, -0.2) is 57.2 Å². The highest BCUT2D eigenvalue weighted by molar-refractivity contribution is 5.76. The van der Waals surface area contributed by atoms with Gasteiger partial charge in [-0.15, -0.1) is 0 Å².